The molecule has 0 amide bonds. The molecule has 0 unspecified atom stereocenters. The van der Waals surface area contributed by atoms with Gasteiger partial charge in [0.05, 0.1) is 0 Å². The monoisotopic (exact) mass is 201 g/mol. The van der Waals surface area contributed by atoms with E-state index >= 15 is 0 Å². The Kier molecular flexibility index (Phi) is 1.93. The lowest BCUT2D eigenvalue weighted by Crippen LogP contribution is -2.23. The maximum atomic E-state index is 11.9. The first kappa shape index (κ1) is 9.10. The van der Waals surface area contributed by atoms with Crippen LogP contribution in [0.5, 0.6) is 0 Å². The van der Waals surface area contributed by atoms with E-state index in [1.54, 1.807) is 0 Å². The van der Waals surface area contributed by atoms with Gasteiger partial charge in [-0.15, -0.1) is 0 Å². The van der Waals surface area contributed by atoms with E-state index in [2.05, 4.69) is 18.0 Å². The number of carbonyl (C=O) groups is 1. The van der Waals surface area contributed by atoms with Crippen LogP contribution in [0.25, 0.3) is 0 Å². The molecule has 1 saturated heterocycles. The Bertz CT molecular complexity index is 413. The molecule has 1 aromatic rings. The lowest BCUT2D eigenvalue weighted by Gasteiger charge is -2.26. The Morgan fingerprint density at radius 2 is 2.07 bits per heavy atom. The van der Waals surface area contributed by atoms with Crippen molar-refractivity contribution in [2.45, 2.75) is 12.3 Å². The molecule has 2 aliphatic rings. The summed E-state index contributed by atoms with van der Waals surface area (Å²) in [6.45, 7) is 2.18. The van der Waals surface area contributed by atoms with Gasteiger partial charge in [0.2, 0.25) is 0 Å². The highest BCUT2D eigenvalue weighted by Gasteiger charge is 2.38. The highest BCUT2D eigenvalue weighted by atomic mass is 16.1. The first-order valence-corrected chi connectivity index (χ1v) is 5.56. The maximum Gasteiger partial charge on any atom is 0.163 e. The van der Waals surface area contributed by atoms with Gasteiger partial charge in [-0.05, 0) is 18.5 Å². The molecule has 2 heteroatoms. The first-order valence-electron chi connectivity index (χ1n) is 5.56. The highest BCUT2D eigenvalue weighted by molar-refractivity contribution is 5.99. The first-order chi connectivity index (χ1) is 7.25. The highest BCUT2D eigenvalue weighted by Crippen LogP contribution is 2.40. The van der Waals surface area contributed by atoms with Gasteiger partial charge in [-0.3, -0.25) is 4.79 Å². The second kappa shape index (κ2) is 3.17. The number of hydrogen-bond donors (Lipinski definition) is 0. The van der Waals surface area contributed by atoms with Crippen molar-refractivity contribution in [2.75, 3.05) is 20.1 Å². The van der Waals surface area contributed by atoms with Gasteiger partial charge in [-0.25, -0.2) is 0 Å². The number of ketones is 1. The number of rotatable bonds is 0. The van der Waals surface area contributed by atoms with E-state index in [0.717, 1.165) is 25.1 Å². The number of hydrogen-bond acceptors (Lipinski definition) is 2. The minimum absolute atomic E-state index is 0.335. The van der Waals surface area contributed by atoms with Crippen LogP contribution in [-0.2, 0) is 0 Å². The van der Waals surface area contributed by atoms with Gasteiger partial charge >= 0.3 is 0 Å². The smallest absolute Gasteiger partial charge is 0.163 e. The molecule has 1 heterocycles. The molecule has 2 nitrogen and oxygen atoms in total. The molecular formula is C13H15NO. The number of nitrogens with zero attached hydrogens (tertiary/aromatic N) is 1. The Morgan fingerprint density at radius 3 is 2.93 bits per heavy atom. The van der Waals surface area contributed by atoms with Crippen LogP contribution in [0.1, 0.15) is 28.3 Å². The fourth-order valence-electron chi connectivity index (χ4n) is 3.07. The zero-order valence-electron chi connectivity index (χ0n) is 8.94. The summed E-state index contributed by atoms with van der Waals surface area (Å²) in [6, 6.07) is 8.12. The van der Waals surface area contributed by atoms with Crippen molar-refractivity contribution in [3.05, 3.63) is 35.4 Å². The molecule has 78 valence electrons. The molecule has 0 aromatic heterocycles. The molecule has 1 aromatic carbocycles. The van der Waals surface area contributed by atoms with Crippen molar-refractivity contribution in [1.82, 2.24) is 4.90 Å². The Morgan fingerprint density at radius 1 is 1.27 bits per heavy atom. The van der Waals surface area contributed by atoms with Crippen LogP contribution < -0.4 is 0 Å². The molecule has 0 N–H and O–H groups in total. The van der Waals surface area contributed by atoms with Crippen molar-refractivity contribution in [1.29, 1.82) is 0 Å². The van der Waals surface area contributed by atoms with E-state index in [4.69, 9.17) is 0 Å². The van der Waals surface area contributed by atoms with Crippen molar-refractivity contribution in [3.63, 3.8) is 0 Å². The largest absolute Gasteiger partial charge is 0.305 e. The van der Waals surface area contributed by atoms with Crippen LogP contribution in [0.15, 0.2) is 24.3 Å². The Labute approximate surface area is 89.9 Å². The lowest BCUT2D eigenvalue weighted by molar-refractivity contribution is 0.0946. The van der Waals surface area contributed by atoms with Crippen molar-refractivity contribution in [2.24, 2.45) is 5.92 Å². The third-order valence-corrected chi connectivity index (χ3v) is 3.73. The summed E-state index contributed by atoms with van der Waals surface area (Å²) < 4.78 is 0. The quantitative estimate of drug-likeness (QED) is 0.639. The van der Waals surface area contributed by atoms with Crippen LogP contribution in [0, 0.1) is 5.92 Å². The molecule has 1 aliphatic heterocycles. The fraction of sp³-hybridized carbons (Fsp3) is 0.462. The van der Waals surface area contributed by atoms with Gasteiger partial charge in [-0.2, -0.15) is 0 Å². The van der Waals surface area contributed by atoms with E-state index in [1.165, 1.54) is 5.56 Å². The number of benzene rings is 1. The van der Waals surface area contributed by atoms with E-state index in [-0.39, 0.29) is 0 Å². The third-order valence-electron chi connectivity index (χ3n) is 3.73. The van der Waals surface area contributed by atoms with Gasteiger partial charge in [0.15, 0.2) is 5.78 Å². The topological polar surface area (TPSA) is 20.3 Å². The normalized spacial score (nSPS) is 30.1. The van der Waals surface area contributed by atoms with Crippen LogP contribution >= 0.6 is 0 Å². The number of Topliss-reactive ketones (excluding diaryl/α,β-unsaturated/α-hetero) is 1. The molecule has 0 bridgehead atoms. The SMILES string of the molecule is CN1C[C@H]2CC(=O)c3ccccc3[C@H]2C1. The molecule has 0 spiro atoms. The summed E-state index contributed by atoms with van der Waals surface area (Å²) in [7, 11) is 2.14. The minimum Gasteiger partial charge on any atom is -0.305 e. The minimum atomic E-state index is 0.335. The van der Waals surface area contributed by atoms with Gasteiger partial charge in [0.25, 0.3) is 0 Å². The van der Waals surface area contributed by atoms with Crippen LogP contribution in [0.3, 0.4) is 0 Å². The average molecular weight is 201 g/mol. The van der Waals surface area contributed by atoms with Crippen LogP contribution in [0.2, 0.25) is 0 Å². The summed E-state index contributed by atoms with van der Waals surface area (Å²) in [5.41, 5.74) is 2.25. The predicted molar refractivity (Wildman–Crippen MR) is 59.1 cm³/mol. The van der Waals surface area contributed by atoms with Gasteiger partial charge < -0.3 is 4.90 Å². The third kappa shape index (κ3) is 1.32. The number of fused-ring (bicyclic) bond motifs is 3. The second-order valence-corrected chi connectivity index (χ2v) is 4.80. The molecule has 3 rings (SSSR count). The summed E-state index contributed by atoms with van der Waals surface area (Å²) >= 11 is 0. The molecule has 0 saturated carbocycles. The van der Waals surface area contributed by atoms with E-state index < -0.39 is 0 Å². The van der Waals surface area contributed by atoms with Crippen molar-refractivity contribution in [3.8, 4) is 0 Å². The lowest BCUT2D eigenvalue weighted by atomic mass is 9.76. The predicted octanol–water partition coefficient (Wildman–Crippen LogP) is 1.92. The number of likely N-dealkylation sites (tertiary alicyclic amines) is 1. The Balaban J connectivity index is 2.09. The molecule has 1 aliphatic carbocycles. The number of likely N-dealkylation sites (N-methyl/N-ethyl adjacent to an activating group) is 1. The van der Waals surface area contributed by atoms with E-state index in [9.17, 15) is 4.79 Å². The fourth-order valence-corrected chi connectivity index (χ4v) is 3.07. The molecule has 15 heavy (non-hydrogen) atoms. The summed E-state index contributed by atoms with van der Waals surface area (Å²) in [4.78, 5) is 14.3. The standard InChI is InChI=1S/C13H15NO/c1-14-7-9-6-13(15)11-5-3-2-4-10(11)12(9)8-14/h2-5,9,12H,6-8H2,1H3/t9-,12+/m1/s1. The summed E-state index contributed by atoms with van der Waals surface area (Å²) in [6.07, 6.45) is 0.742. The van der Waals surface area contributed by atoms with Gasteiger partial charge in [0, 0.05) is 31.0 Å². The van der Waals surface area contributed by atoms with Crippen LogP contribution in [0.4, 0.5) is 0 Å². The summed E-state index contributed by atoms with van der Waals surface area (Å²) in [5.74, 6) is 1.48. The van der Waals surface area contributed by atoms with Crippen molar-refractivity contribution < 1.29 is 4.79 Å². The van der Waals surface area contributed by atoms with Crippen LogP contribution in [-0.4, -0.2) is 30.8 Å². The average Bonchev–Trinajstić information content (AvgIpc) is 2.59. The molecular weight excluding hydrogens is 186 g/mol. The number of carbonyl (C=O) groups excluding carboxylic acids is 1. The van der Waals surface area contributed by atoms with Gasteiger partial charge in [0.1, 0.15) is 0 Å². The molecule has 0 radical (unpaired) electrons. The summed E-state index contributed by atoms with van der Waals surface area (Å²) in [5, 5.41) is 0. The van der Waals surface area contributed by atoms with Gasteiger partial charge in [-0.1, -0.05) is 24.3 Å². The molecule has 1 fully saturated rings. The maximum absolute atomic E-state index is 11.9. The zero-order valence-corrected chi connectivity index (χ0v) is 8.94. The zero-order chi connectivity index (χ0) is 10.4. The van der Waals surface area contributed by atoms with Crippen molar-refractivity contribution >= 4 is 5.78 Å². The second-order valence-electron chi connectivity index (χ2n) is 4.80. The molecule has 2 atom stereocenters. The van der Waals surface area contributed by atoms with E-state index in [0.29, 0.717) is 17.6 Å². The Hall–Kier alpha value is -1.15. The van der Waals surface area contributed by atoms with E-state index in [1.807, 2.05) is 18.2 Å².